The number of fused-ring (bicyclic) bond motifs is 1. The lowest BCUT2D eigenvalue weighted by Gasteiger charge is -2.38. The number of aromatic nitrogens is 2. The Morgan fingerprint density at radius 2 is 1.90 bits per heavy atom. The molecular formula is C20H21F4N3O3. The smallest absolute Gasteiger partial charge is 0.381 e. The van der Waals surface area contributed by atoms with Gasteiger partial charge in [0.15, 0.2) is 11.4 Å². The summed E-state index contributed by atoms with van der Waals surface area (Å²) in [4.78, 5) is 4.20. The molecule has 0 aliphatic carbocycles. The van der Waals surface area contributed by atoms with Crippen LogP contribution in [0.2, 0.25) is 0 Å². The predicted octanol–water partition coefficient (Wildman–Crippen LogP) is 4.63. The Labute approximate surface area is 169 Å². The average Bonchev–Trinajstić information content (AvgIpc) is 3.14. The summed E-state index contributed by atoms with van der Waals surface area (Å²) in [6, 6.07) is 8.02. The van der Waals surface area contributed by atoms with Crippen LogP contribution in [0.25, 0.3) is 10.9 Å². The molecular weight excluding hydrogens is 406 g/mol. The maximum atomic E-state index is 13.9. The minimum atomic E-state index is -4.99. The van der Waals surface area contributed by atoms with Crippen molar-refractivity contribution in [2.24, 2.45) is 0 Å². The van der Waals surface area contributed by atoms with Gasteiger partial charge in [-0.3, -0.25) is 5.10 Å². The van der Waals surface area contributed by atoms with Crippen molar-refractivity contribution < 1.29 is 32.8 Å². The molecule has 0 radical (unpaired) electrons. The second kappa shape index (κ2) is 7.77. The molecule has 4 N–H and O–H groups in total. The average molecular weight is 427 g/mol. The topological polar surface area (TPSA) is 90.4 Å². The lowest BCUT2D eigenvalue weighted by Crippen LogP contribution is -2.53. The van der Waals surface area contributed by atoms with Crippen molar-refractivity contribution in [1.29, 1.82) is 0 Å². The number of hydrogen-bond donors (Lipinski definition) is 4. The molecule has 1 atom stereocenters. The summed E-state index contributed by atoms with van der Waals surface area (Å²) in [6.45, 7) is 1.95. The molecule has 162 valence electrons. The van der Waals surface area contributed by atoms with Crippen LogP contribution in [0.4, 0.5) is 23.2 Å². The van der Waals surface area contributed by atoms with Gasteiger partial charge in [0.1, 0.15) is 5.82 Å². The van der Waals surface area contributed by atoms with Gasteiger partial charge in [0.05, 0.1) is 18.3 Å². The maximum absolute atomic E-state index is 13.9. The number of nitrogens with zero attached hydrogens (tertiary/aromatic N) is 1. The zero-order valence-electron chi connectivity index (χ0n) is 16.2. The van der Waals surface area contributed by atoms with E-state index in [-0.39, 0.29) is 11.3 Å². The normalized spacial score (nSPS) is 14.5. The fourth-order valence-electron chi connectivity index (χ4n) is 3.56. The van der Waals surface area contributed by atoms with Crippen LogP contribution in [0.15, 0.2) is 42.6 Å². The monoisotopic (exact) mass is 427 g/mol. The number of H-pyrrole nitrogens is 1. The summed E-state index contributed by atoms with van der Waals surface area (Å²) in [5, 5.41) is 29.5. The van der Waals surface area contributed by atoms with E-state index in [1.165, 1.54) is 20.0 Å². The number of aliphatic hydroxyl groups is 1. The largest absolute Gasteiger partial charge is 0.418 e. The first kappa shape index (κ1) is 21.8. The second-order valence-corrected chi connectivity index (χ2v) is 7.81. The van der Waals surface area contributed by atoms with E-state index in [2.05, 4.69) is 20.4 Å². The fourth-order valence-corrected chi connectivity index (χ4v) is 3.56. The minimum absolute atomic E-state index is 0.00962. The van der Waals surface area contributed by atoms with Crippen LogP contribution in [0, 0.1) is 5.82 Å². The number of benzene rings is 2. The van der Waals surface area contributed by atoms with Crippen LogP contribution in [-0.4, -0.2) is 38.9 Å². The van der Waals surface area contributed by atoms with Crippen molar-refractivity contribution >= 4 is 16.6 Å². The molecule has 3 rings (SSSR count). The Hall–Kier alpha value is -2.85. The summed E-state index contributed by atoms with van der Waals surface area (Å²) in [6.07, 6.45) is -4.35. The van der Waals surface area contributed by atoms with E-state index < -0.39 is 36.0 Å². The van der Waals surface area contributed by atoms with Crippen molar-refractivity contribution in [1.82, 2.24) is 10.2 Å². The quantitative estimate of drug-likeness (QED) is 0.251. The van der Waals surface area contributed by atoms with Crippen LogP contribution >= 0.6 is 0 Å². The van der Waals surface area contributed by atoms with Gasteiger partial charge >= 0.3 is 6.18 Å². The molecule has 10 heteroatoms. The molecule has 0 saturated carbocycles. The highest BCUT2D eigenvalue weighted by Crippen LogP contribution is 2.44. The lowest BCUT2D eigenvalue weighted by atomic mass is 9.74. The van der Waals surface area contributed by atoms with Gasteiger partial charge in [0.25, 0.3) is 0 Å². The van der Waals surface area contributed by atoms with Crippen molar-refractivity contribution in [3.8, 4) is 5.75 Å². The summed E-state index contributed by atoms with van der Waals surface area (Å²) in [7, 11) is 0. The Kier molecular flexibility index (Phi) is 5.66. The van der Waals surface area contributed by atoms with Gasteiger partial charge in [-0.1, -0.05) is 19.9 Å². The molecule has 0 aliphatic heterocycles. The SMILES string of the molecule is CC(C)(CC(O)(CNc1cccc2[nH]ncc12)C(F)(F)F)c1cc(F)ccc1OO. The third-order valence-electron chi connectivity index (χ3n) is 5.09. The highest BCUT2D eigenvalue weighted by atomic mass is 19.4. The Morgan fingerprint density at radius 3 is 2.57 bits per heavy atom. The molecule has 0 aliphatic rings. The first-order valence-electron chi connectivity index (χ1n) is 9.03. The molecule has 0 bridgehead atoms. The van der Waals surface area contributed by atoms with Crippen LogP contribution in [-0.2, 0) is 5.41 Å². The number of rotatable bonds is 7. The van der Waals surface area contributed by atoms with E-state index >= 15 is 0 Å². The van der Waals surface area contributed by atoms with Crippen molar-refractivity contribution in [2.75, 3.05) is 11.9 Å². The minimum Gasteiger partial charge on any atom is -0.381 e. The van der Waals surface area contributed by atoms with E-state index in [4.69, 9.17) is 5.26 Å². The molecule has 0 amide bonds. The van der Waals surface area contributed by atoms with Crippen LogP contribution in [0.3, 0.4) is 0 Å². The summed E-state index contributed by atoms with van der Waals surface area (Å²) >= 11 is 0. The van der Waals surface area contributed by atoms with Gasteiger partial charge in [-0.05, 0) is 42.2 Å². The molecule has 1 heterocycles. The van der Waals surface area contributed by atoms with Gasteiger partial charge in [0.2, 0.25) is 0 Å². The van der Waals surface area contributed by atoms with Crippen LogP contribution in [0.1, 0.15) is 25.8 Å². The highest BCUT2D eigenvalue weighted by Gasteiger charge is 2.56. The highest BCUT2D eigenvalue weighted by molar-refractivity contribution is 5.90. The van der Waals surface area contributed by atoms with E-state index in [1.807, 2.05) is 0 Å². The number of hydrogen-bond acceptors (Lipinski definition) is 5. The Bertz CT molecular complexity index is 1040. The zero-order chi connectivity index (χ0) is 22.2. The summed E-state index contributed by atoms with van der Waals surface area (Å²) in [5.74, 6) is -0.902. The lowest BCUT2D eigenvalue weighted by molar-refractivity contribution is -0.260. The van der Waals surface area contributed by atoms with Crippen LogP contribution < -0.4 is 10.2 Å². The predicted molar refractivity (Wildman–Crippen MR) is 103 cm³/mol. The molecule has 1 unspecified atom stereocenters. The van der Waals surface area contributed by atoms with E-state index in [0.717, 1.165) is 18.2 Å². The van der Waals surface area contributed by atoms with Gasteiger partial charge in [-0.15, -0.1) is 0 Å². The number of alkyl halides is 3. The third kappa shape index (κ3) is 4.19. The van der Waals surface area contributed by atoms with Gasteiger partial charge in [-0.25, -0.2) is 9.65 Å². The first-order chi connectivity index (χ1) is 14.0. The standard InChI is InChI=1S/C20H21F4N3O3/c1-18(2,14-8-12(21)6-7-17(14)30-29)10-19(28,20(22,23)24)11-25-15-4-3-5-16-13(15)9-26-27-16/h3-9,25,28-29H,10-11H2,1-2H3,(H,26,27). The summed E-state index contributed by atoms with van der Waals surface area (Å²) in [5.41, 5.74) is -3.59. The van der Waals surface area contributed by atoms with Crippen molar-refractivity contribution in [2.45, 2.75) is 37.5 Å². The molecule has 6 nitrogen and oxygen atoms in total. The molecule has 1 aromatic heterocycles. The maximum Gasteiger partial charge on any atom is 0.418 e. The van der Waals surface area contributed by atoms with E-state index in [9.17, 15) is 22.7 Å². The second-order valence-electron chi connectivity index (χ2n) is 7.81. The number of anilines is 1. The van der Waals surface area contributed by atoms with Gasteiger partial charge < -0.3 is 15.3 Å². The van der Waals surface area contributed by atoms with Crippen molar-refractivity contribution in [3.63, 3.8) is 0 Å². The molecule has 2 aromatic carbocycles. The van der Waals surface area contributed by atoms with Gasteiger partial charge in [-0.2, -0.15) is 18.3 Å². The molecule has 0 spiro atoms. The number of halogens is 4. The van der Waals surface area contributed by atoms with Crippen molar-refractivity contribution in [3.05, 3.63) is 54.0 Å². The molecule has 30 heavy (non-hydrogen) atoms. The zero-order valence-corrected chi connectivity index (χ0v) is 16.2. The summed E-state index contributed by atoms with van der Waals surface area (Å²) < 4.78 is 55.4. The van der Waals surface area contributed by atoms with Gasteiger partial charge in [0, 0.05) is 16.6 Å². The van der Waals surface area contributed by atoms with Crippen LogP contribution in [0.5, 0.6) is 5.75 Å². The number of nitrogens with one attached hydrogen (secondary N) is 2. The Balaban J connectivity index is 1.92. The Morgan fingerprint density at radius 1 is 1.17 bits per heavy atom. The van der Waals surface area contributed by atoms with E-state index in [1.54, 1.807) is 18.2 Å². The molecule has 0 fully saturated rings. The molecule has 0 saturated heterocycles. The number of aromatic amines is 1. The van der Waals surface area contributed by atoms with E-state index in [0.29, 0.717) is 16.6 Å². The third-order valence-corrected chi connectivity index (χ3v) is 5.09. The molecule has 3 aromatic rings. The fraction of sp³-hybridized carbons (Fsp3) is 0.350. The first-order valence-corrected chi connectivity index (χ1v) is 9.03.